The summed E-state index contributed by atoms with van der Waals surface area (Å²) in [5, 5.41) is 6.98. The molecule has 1 aromatic heterocycles. The first-order chi connectivity index (χ1) is 8.54. The first-order valence-electron chi connectivity index (χ1n) is 6.25. The first kappa shape index (κ1) is 14.6. The van der Waals surface area contributed by atoms with Crippen LogP contribution in [0.1, 0.15) is 39.1 Å². The fraction of sp³-hybridized carbons (Fsp3) is 0.750. The van der Waals surface area contributed by atoms with E-state index < -0.39 is 0 Å². The van der Waals surface area contributed by atoms with Crippen molar-refractivity contribution in [2.75, 3.05) is 13.2 Å². The van der Waals surface area contributed by atoms with E-state index >= 15 is 0 Å². The van der Waals surface area contributed by atoms with E-state index in [-0.39, 0.29) is 18.6 Å². The van der Waals surface area contributed by atoms with Gasteiger partial charge in [0.2, 0.25) is 5.91 Å². The number of nitrogens with one attached hydrogen (secondary N) is 1. The van der Waals surface area contributed by atoms with Crippen LogP contribution in [-0.2, 0) is 16.6 Å². The molecule has 1 N–H and O–H groups in total. The Morgan fingerprint density at radius 1 is 1.56 bits per heavy atom. The summed E-state index contributed by atoms with van der Waals surface area (Å²) >= 11 is 0. The van der Waals surface area contributed by atoms with Crippen molar-refractivity contribution in [2.24, 2.45) is 13.0 Å². The van der Waals surface area contributed by atoms with Crippen LogP contribution < -0.4 is 5.32 Å². The van der Waals surface area contributed by atoms with Gasteiger partial charge in [0.15, 0.2) is 0 Å². The smallest absolute Gasteiger partial charge is 0.246 e. The molecule has 1 atom stereocenters. The molecule has 0 spiro atoms. The van der Waals surface area contributed by atoms with Gasteiger partial charge in [-0.15, -0.1) is 0 Å². The van der Waals surface area contributed by atoms with E-state index in [1.807, 2.05) is 14.0 Å². The number of aryl methyl sites for hydroxylation is 1. The third-order valence-corrected chi connectivity index (χ3v) is 2.54. The van der Waals surface area contributed by atoms with E-state index in [9.17, 15) is 4.79 Å². The quantitative estimate of drug-likeness (QED) is 0.789. The van der Waals surface area contributed by atoms with E-state index in [1.165, 1.54) is 6.33 Å². The van der Waals surface area contributed by atoms with E-state index in [0.29, 0.717) is 12.5 Å². The molecule has 0 fully saturated rings. The molecule has 0 aliphatic rings. The molecule has 0 saturated heterocycles. The number of aromatic nitrogens is 3. The van der Waals surface area contributed by atoms with Crippen LogP contribution in [0.15, 0.2) is 6.33 Å². The molecule has 0 bridgehead atoms. The van der Waals surface area contributed by atoms with Crippen LogP contribution in [0.4, 0.5) is 0 Å². The van der Waals surface area contributed by atoms with Crippen molar-refractivity contribution in [3.8, 4) is 0 Å². The summed E-state index contributed by atoms with van der Waals surface area (Å²) in [7, 11) is 1.82. The van der Waals surface area contributed by atoms with Gasteiger partial charge in [0.1, 0.15) is 18.8 Å². The van der Waals surface area contributed by atoms with Gasteiger partial charge in [-0.3, -0.25) is 9.48 Å². The molecule has 6 nitrogen and oxygen atoms in total. The largest absolute Gasteiger partial charge is 0.372 e. The molecule has 1 aromatic rings. The SMILES string of the molecule is CCOCC(=O)N[C@@H](CC(C)C)c1ncnn1C. The monoisotopic (exact) mass is 254 g/mol. The number of carbonyl (C=O) groups excluding carboxylic acids is 1. The molecule has 0 aromatic carbocycles. The van der Waals surface area contributed by atoms with Gasteiger partial charge in [0.25, 0.3) is 0 Å². The van der Waals surface area contributed by atoms with Crippen LogP contribution in [0.5, 0.6) is 0 Å². The maximum absolute atomic E-state index is 11.7. The van der Waals surface area contributed by atoms with Crippen molar-refractivity contribution < 1.29 is 9.53 Å². The van der Waals surface area contributed by atoms with E-state index in [0.717, 1.165) is 12.2 Å². The van der Waals surface area contributed by atoms with Gasteiger partial charge in [-0.1, -0.05) is 13.8 Å². The Morgan fingerprint density at radius 2 is 2.28 bits per heavy atom. The standard InChI is InChI=1S/C12H22N4O2/c1-5-18-7-11(17)15-10(6-9(2)3)12-13-8-14-16(12)4/h8-10H,5-7H2,1-4H3,(H,15,17)/t10-/m0/s1. The fourth-order valence-electron chi connectivity index (χ4n) is 1.75. The molecule has 102 valence electrons. The maximum atomic E-state index is 11.7. The number of carbonyl (C=O) groups is 1. The Morgan fingerprint density at radius 3 is 2.78 bits per heavy atom. The zero-order valence-corrected chi connectivity index (χ0v) is 11.5. The Bertz CT molecular complexity index is 376. The molecule has 0 radical (unpaired) electrons. The molecular weight excluding hydrogens is 232 g/mol. The van der Waals surface area contributed by atoms with Crippen LogP contribution in [0.3, 0.4) is 0 Å². The molecule has 1 heterocycles. The topological polar surface area (TPSA) is 69.0 Å². The van der Waals surface area contributed by atoms with Crippen molar-refractivity contribution in [1.82, 2.24) is 20.1 Å². The lowest BCUT2D eigenvalue weighted by atomic mass is 10.0. The van der Waals surface area contributed by atoms with Gasteiger partial charge in [0.05, 0.1) is 6.04 Å². The van der Waals surface area contributed by atoms with Crippen LogP contribution in [-0.4, -0.2) is 33.9 Å². The van der Waals surface area contributed by atoms with Gasteiger partial charge in [0, 0.05) is 13.7 Å². The summed E-state index contributed by atoms with van der Waals surface area (Å²) < 4.78 is 6.78. The lowest BCUT2D eigenvalue weighted by Gasteiger charge is -2.19. The van der Waals surface area contributed by atoms with Crippen molar-refractivity contribution in [3.05, 3.63) is 12.2 Å². The lowest BCUT2D eigenvalue weighted by Crippen LogP contribution is -2.34. The Hall–Kier alpha value is -1.43. The molecule has 0 saturated carbocycles. The van der Waals surface area contributed by atoms with Crippen molar-refractivity contribution >= 4 is 5.91 Å². The highest BCUT2D eigenvalue weighted by atomic mass is 16.5. The third-order valence-electron chi connectivity index (χ3n) is 2.54. The summed E-state index contributed by atoms with van der Waals surface area (Å²) in [5.41, 5.74) is 0. The van der Waals surface area contributed by atoms with E-state index in [1.54, 1.807) is 4.68 Å². The predicted molar refractivity (Wildman–Crippen MR) is 67.8 cm³/mol. The molecule has 0 aliphatic carbocycles. The molecule has 18 heavy (non-hydrogen) atoms. The number of ether oxygens (including phenoxy) is 1. The Kier molecular flexibility index (Phi) is 5.77. The third kappa shape index (κ3) is 4.44. The fourth-order valence-corrected chi connectivity index (χ4v) is 1.75. The van der Waals surface area contributed by atoms with Crippen LogP contribution in [0, 0.1) is 5.92 Å². The van der Waals surface area contributed by atoms with Crippen LogP contribution in [0.25, 0.3) is 0 Å². The summed E-state index contributed by atoms with van der Waals surface area (Å²) in [6.07, 6.45) is 2.32. The van der Waals surface area contributed by atoms with Gasteiger partial charge in [-0.25, -0.2) is 4.98 Å². The number of hydrogen-bond donors (Lipinski definition) is 1. The highest BCUT2D eigenvalue weighted by Gasteiger charge is 2.20. The second-order valence-corrected chi connectivity index (χ2v) is 4.63. The number of amides is 1. The highest BCUT2D eigenvalue weighted by Crippen LogP contribution is 2.18. The molecule has 0 aliphatic heterocycles. The molecule has 6 heteroatoms. The summed E-state index contributed by atoms with van der Waals surface area (Å²) in [6.45, 7) is 6.70. The van der Waals surface area contributed by atoms with Crippen LogP contribution in [0.2, 0.25) is 0 Å². The molecule has 1 rings (SSSR count). The molecule has 0 unspecified atom stereocenters. The van der Waals surface area contributed by atoms with E-state index in [4.69, 9.17) is 4.74 Å². The minimum Gasteiger partial charge on any atom is -0.372 e. The summed E-state index contributed by atoms with van der Waals surface area (Å²) in [6, 6.07) is -0.120. The maximum Gasteiger partial charge on any atom is 0.246 e. The highest BCUT2D eigenvalue weighted by molar-refractivity contribution is 5.77. The second kappa shape index (κ2) is 7.10. The Labute approximate surface area is 108 Å². The van der Waals surface area contributed by atoms with Gasteiger partial charge in [-0.2, -0.15) is 5.10 Å². The van der Waals surface area contributed by atoms with Crippen LogP contribution >= 0.6 is 0 Å². The predicted octanol–water partition coefficient (Wildman–Crippen LogP) is 1.05. The average Bonchev–Trinajstić information content (AvgIpc) is 2.71. The lowest BCUT2D eigenvalue weighted by molar-refractivity contribution is -0.126. The average molecular weight is 254 g/mol. The van der Waals surface area contributed by atoms with Crippen molar-refractivity contribution in [3.63, 3.8) is 0 Å². The Balaban J connectivity index is 2.67. The van der Waals surface area contributed by atoms with Gasteiger partial charge in [-0.05, 0) is 19.3 Å². The van der Waals surface area contributed by atoms with Crippen molar-refractivity contribution in [1.29, 1.82) is 0 Å². The zero-order valence-electron chi connectivity index (χ0n) is 11.5. The first-order valence-corrected chi connectivity index (χ1v) is 6.25. The normalized spacial score (nSPS) is 12.7. The number of rotatable bonds is 7. The van der Waals surface area contributed by atoms with Crippen molar-refractivity contribution in [2.45, 2.75) is 33.2 Å². The summed E-state index contributed by atoms with van der Waals surface area (Å²) in [5.74, 6) is 1.11. The number of nitrogens with zero attached hydrogens (tertiary/aromatic N) is 3. The number of hydrogen-bond acceptors (Lipinski definition) is 4. The van der Waals surface area contributed by atoms with E-state index in [2.05, 4.69) is 29.2 Å². The second-order valence-electron chi connectivity index (χ2n) is 4.63. The minimum absolute atomic E-state index is 0.0863. The zero-order chi connectivity index (χ0) is 13.5. The van der Waals surface area contributed by atoms with Gasteiger partial charge >= 0.3 is 0 Å². The molecule has 1 amide bonds. The van der Waals surface area contributed by atoms with Gasteiger partial charge < -0.3 is 10.1 Å². The molecular formula is C12H22N4O2. The summed E-state index contributed by atoms with van der Waals surface area (Å²) in [4.78, 5) is 15.9. The minimum atomic E-state index is -0.120.